The van der Waals surface area contributed by atoms with Crippen LogP contribution in [0.4, 0.5) is 27.0 Å². The maximum atomic E-state index is 12.7. The third-order valence-electron chi connectivity index (χ3n) is 14.5. The average molecular weight is 1340 g/mol. The summed E-state index contributed by atoms with van der Waals surface area (Å²) < 4.78 is 13.9. The van der Waals surface area contributed by atoms with E-state index in [-0.39, 0.29) is 34.9 Å². The Morgan fingerprint density at radius 2 is 0.975 bits per heavy atom. The number of carbonyl (C=O) groups is 4. The fourth-order valence-corrected chi connectivity index (χ4v) is 11.7. The van der Waals surface area contributed by atoms with E-state index in [1.54, 1.807) is 72.1 Å². The number of anilines is 3. The van der Waals surface area contributed by atoms with E-state index in [0.717, 1.165) is 99.3 Å². The predicted octanol–water partition coefficient (Wildman–Crippen LogP) is 11.0. The first-order valence-electron chi connectivity index (χ1n) is 25.7. The van der Waals surface area contributed by atoms with E-state index in [4.69, 9.17) is 43.5 Å². The fourth-order valence-electron chi connectivity index (χ4n) is 10.6. The Morgan fingerprint density at radius 1 is 0.608 bits per heavy atom. The Balaban J connectivity index is 0.000000162. The molecule has 3 aliphatic heterocycles. The lowest BCUT2D eigenvalue weighted by Crippen LogP contribution is -2.45. The predicted molar refractivity (Wildman–Crippen MR) is 317 cm³/mol. The van der Waals surface area contributed by atoms with Gasteiger partial charge in [0.05, 0.1) is 10.0 Å². The maximum Gasteiger partial charge on any atom is 0.419 e. The third kappa shape index (κ3) is 16.4. The normalized spacial score (nSPS) is 23.5. The lowest BCUT2D eigenvalue weighted by Gasteiger charge is -2.29. The van der Waals surface area contributed by atoms with Crippen molar-refractivity contribution in [3.63, 3.8) is 0 Å². The molecule has 0 aromatic carbocycles. The molecule has 0 bridgehead atoms. The lowest BCUT2D eigenvalue weighted by atomic mass is 10.2. The number of carboxylic acid groups (broad SMARTS) is 1. The molecule has 5 aromatic heterocycles. The number of carbonyl (C=O) groups excluding carboxylic acids is 3. The summed E-state index contributed by atoms with van der Waals surface area (Å²) in [5.74, 6) is 7.18. The molecular formula is C55H65Br3Cl3N11O7. The van der Waals surface area contributed by atoms with Crippen molar-refractivity contribution in [3.8, 4) is 0 Å². The highest BCUT2D eigenvalue weighted by molar-refractivity contribution is 9.11. The molecule has 5 aromatic rings. The van der Waals surface area contributed by atoms with Crippen LogP contribution in [0.25, 0.3) is 0 Å². The van der Waals surface area contributed by atoms with Crippen molar-refractivity contribution in [2.24, 2.45) is 59.0 Å². The van der Waals surface area contributed by atoms with Crippen molar-refractivity contribution in [3.05, 3.63) is 126 Å². The second kappa shape index (κ2) is 26.3. The van der Waals surface area contributed by atoms with E-state index >= 15 is 0 Å². The van der Waals surface area contributed by atoms with Crippen molar-refractivity contribution in [1.82, 2.24) is 35.1 Å². The number of amides is 3. The quantitative estimate of drug-likeness (QED) is 0.118. The number of nitrogens with two attached hydrogens (primary N) is 1. The number of ether oxygens (including phenoxy) is 2. The molecule has 8 heterocycles. The van der Waals surface area contributed by atoms with Gasteiger partial charge in [0.25, 0.3) is 5.91 Å². The van der Waals surface area contributed by atoms with Crippen molar-refractivity contribution in [2.75, 3.05) is 73.6 Å². The number of hydrogen-bond acceptors (Lipinski definition) is 15. The van der Waals surface area contributed by atoms with Crippen LogP contribution in [0.2, 0.25) is 10.0 Å². The Morgan fingerprint density at radius 3 is 1.29 bits per heavy atom. The molecule has 3 saturated heterocycles. The summed E-state index contributed by atoms with van der Waals surface area (Å²) in [4.78, 5) is 76.7. The number of carboxylic acids is 1. The van der Waals surface area contributed by atoms with Crippen molar-refractivity contribution < 1.29 is 33.8 Å². The highest BCUT2D eigenvalue weighted by Gasteiger charge is 2.58. The van der Waals surface area contributed by atoms with E-state index in [1.165, 1.54) is 12.3 Å². The zero-order valence-electron chi connectivity index (χ0n) is 44.5. The summed E-state index contributed by atoms with van der Waals surface area (Å²) >= 11 is 21.7. The van der Waals surface area contributed by atoms with Crippen molar-refractivity contribution >= 4 is 125 Å². The SMILES string of the molecule is CC(C)(C)OC(=O)N(CC1[C@H]2CN(c3ccc(Br)cn3)C[C@@H]12)C(=O)OC(C)(C)C.Cl.NCC1[C@H]2CN(c3ccc(Br)cn3)C[C@@H]12.O=C(NCC1[C@H]2CN(c3ccc(Br)cn3)C[C@@H]12)c1ncccc1Cl.O=C(O)c1ncccc1Cl. The van der Waals surface area contributed by atoms with Gasteiger partial charge in [-0.2, -0.15) is 0 Å². The topological polar surface area (TPSA) is 222 Å². The van der Waals surface area contributed by atoms with Crippen LogP contribution in [0.3, 0.4) is 0 Å². The second-order valence-electron chi connectivity index (χ2n) is 22.2. The molecule has 24 heteroatoms. The van der Waals surface area contributed by atoms with Gasteiger partial charge in [0.15, 0.2) is 5.69 Å². The Hall–Kier alpha value is -4.90. The molecule has 0 spiro atoms. The van der Waals surface area contributed by atoms with Gasteiger partial charge in [-0.15, -0.1) is 12.4 Å². The first kappa shape index (κ1) is 61.7. The maximum absolute atomic E-state index is 12.7. The summed E-state index contributed by atoms with van der Waals surface area (Å²) in [6, 6.07) is 18.6. The molecule has 0 radical (unpaired) electrons. The zero-order chi connectivity index (χ0) is 56.2. The summed E-state index contributed by atoms with van der Waals surface area (Å²) in [5.41, 5.74) is 4.52. The lowest BCUT2D eigenvalue weighted by molar-refractivity contribution is 0.0000177. The molecule has 3 aliphatic carbocycles. The van der Waals surface area contributed by atoms with Crippen LogP contribution >= 0.6 is 83.4 Å². The van der Waals surface area contributed by atoms with E-state index in [1.807, 2.05) is 42.7 Å². The van der Waals surface area contributed by atoms with E-state index < -0.39 is 29.4 Å². The Labute approximate surface area is 502 Å². The molecule has 3 amide bonds. The molecule has 11 rings (SSSR count). The highest BCUT2D eigenvalue weighted by Crippen LogP contribution is 2.54. The van der Waals surface area contributed by atoms with Crippen LogP contribution in [-0.4, -0.2) is 129 Å². The van der Waals surface area contributed by atoms with Gasteiger partial charge >= 0.3 is 18.2 Å². The smallest absolute Gasteiger partial charge is 0.419 e. The highest BCUT2D eigenvalue weighted by atomic mass is 79.9. The van der Waals surface area contributed by atoms with Gasteiger partial charge in [0.1, 0.15) is 34.3 Å². The summed E-state index contributed by atoms with van der Waals surface area (Å²) in [6.45, 7) is 18.6. The van der Waals surface area contributed by atoms with E-state index in [9.17, 15) is 19.2 Å². The molecule has 6 aliphatic rings. The Bertz CT molecular complexity index is 2860. The summed E-state index contributed by atoms with van der Waals surface area (Å²) in [5, 5.41) is 11.9. The molecular weight excluding hydrogens is 1270 g/mol. The van der Waals surface area contributed by atoms with E-state index in [0.29, 0.717) is 53.4 Å². The number of rotatable bonds is 10. The number of pyridine rings is 5. The van der Waals surface area contributed by atoms with E-state index in [2.05, 4.69) is 98.8 Å². The van der Waals surface area contributed by atoms with Crippen LogP contribution in [0.15, 0.2) is 105 Å². The number of halogens is 6. The minimum atomic E-state index is -1.11. The Kier molecular flexibility index (Phi) is 20.6. The van der Waals surface area contributed by atoms with Gasteiger partial charge in [-0.3, -0.25) is 4.79 Å². The van der Waals surface area contributed by atoms with Gasteiger partial charge in [0, 0.05) is 96.8 Å². The minimum absolute atomic E-state index is 0. The number of nitrogens with zero attached hydrogens (tertiary/aromatic N) is 9. The monoisotopic (exact) mass is 1330 g/mol. The first-order valence-corrected chi connectivity index (χ1v) is 28.9. The molecule has 9 atom stereocenters. The zero-order valence-corrected chi connectivity index (χ0v) is 51.6. The second-order valence-corrected chi connectivity index (χ2v) is 25.7. The van der Waals surface area contributed by atoms with Crippen LogP contribution in [-0.2, 0) is 9.47 Å². The number of imide groups is 1. The van der Waals surface area contributed by atoms with Gasteiger partial charge in [-0.25, -0.2) is 44.2 Å². The average Bonchev–Trinajstić information content (AvgIpc) is 4.39. The molecule has 3 saturated carbocycles. The van der Waals surface area contributed by atoms with Crippen molar-refractivity contribution in [1.29, 1.82) is 0 Å². The number of hydrogen-bond donors (Lipinski definition) is 3. The van der Waals surface area contributed by atoms with Crippen LogP contribution in [0.1, 0.15) is 62.5 Å². The molecule has 6 fully saturated rings. The van der Waals surface area contributed by atoms with Crippen LogP contribution in [0.5, 0.6) is 0 Å². The van der Waals surface area contributed by atoms with Gasteiger partial charge < -0.3 is 40.3 Å². The number of aromatic nitrogens is 5. The number of fused-ring (bicyclic) bond motifs is 3. The fraction of sp³-hybridized carbons (Fsp3) is 0.473. The minimum Gasteiger partial charge on any atom is -0.476 e. The van der Waals surface area contributed by atoms with Gasteiger partial charge in [-0.1, -0.05) is 23.2 Å². The summed E-state index contributed by atoms with van der Waals surface area (Å²) in [7, 11) is 0. The van der Waals surface area contributed by atoms with Crippen LogP contribution < -0.4 is 25.8 Å². The molecule has 4 N–H and O–H groups in total. The largest absolute Gasteiger partial charge is 0.476 e. The van der Waals surface area contributed by atoms with Crippen LogP contribution in [0, 0.1) is 53.3 Å². The first-order chi connectivity index (χ1) is 37.0. The van der Waals surface area contributed by atoms with Crippen molar-refractivity contribution in [2.45, 2.75) is 52.7 Å². The number of aromatic carboxylic acids is 1. The van der Waals surface area contributed by atoms with Gasteiger partial charge in [-0.05, 0) is 210 Å². The van der Waals surface area contributed by atoms with Gasteiger partial charge in [0.2, 0.25) is 0 Å². The number of piperidine rings is 3. The molecule has 18 nitrogen and oxygen atoms in total. The number of nitrogens with one attached hydrogen (secondary N) is 1. The third-order valence-corrected chi connectivity index (χ3v) is 16.6. The standard InChI is InChI=1S/C21H30BrN3O4.C17H16BrClN4O.C11H14BrN3.C6H4ClNO2.ClH/c1-20(2,3)28-18(26)25(19(27)29-21(4,5)6)12-16-14-10-24(11-15(14)16)17-8-7-13(22)9-23-17;18-10-3-4-15(21-6-10)23-8-12-11(13(12)9-23)7-22-17(24)16-14(19)2-1-5-20-16;12-7-1-2-11(14-4-7)15-5-9-8(3-13)10(9)6-15;7-4-2-1-3-8-5(4)6(9)10;/h7-9,14-16H,10-12H2,1-6H3;1-6,11-13H,7-9H2,(H,22,24);1-2,4,8-10H,3,5-6,13H2;1-3H,(H,9,10);1H/t14-,15+,16?;11?,12-,13+;8?,9-,10+;;. The molecule has 79 heavy (non-hydrogen) atoms. The molecule has 3 unspecified atom stereocenters. The molecule has 424 valence electrons. The summed E-state index contributed by atoms with van der Waals surface area (Å²) in [6.07, 6.45) is 7.15.